The van der Waals surface area contributed by atoms with Gasteiger partial charge in [-0.3, -0.25) is 9.59 Å². The zero-order chi connectivity index (χ0) is 16.7. The molecule has 0 saturated carbocycles. The molecule has 0 amide bonds. The average Bonchev–Trinajstić information content (AvgIpc) is 2.58. The minimum atomic E-state index is -0.378. The Hall–Kier alpha value is -2.14. The lowest BCUT2D eigenvalue weighted by Gasteiger charge is -2.13. The van der Waals surface area contributed by atoms with Gasteiger partial charge in [0, 0.05) is 18.1 Å². The summed E-state index contributed by atoms with van der Waals surface area (Å²) in [6.07, 6.45) is 0. The first-order valence-electron chi connectivity index (χ1n) is 7.12. The summed E-state index contributed by atoms with van der Waals surface area (Å²) in [5.74, 6) is 0.182. The van der Waals surface area contributed by atoms with Gasteiger partial charge in [0.15, 0.2) is 5.78 Å². The number of ketones is 1. The Kier molecular flexibility index (Phi) is 6.35. The number of esters is 1. The highest BCUT2D eigenvalue weighted by Gasteiger charge is 2.11. The van der Waals surface area contributed by atoms with Crippen molar-refractivity contribution in [1.29, 1.82) is 0 Å². The molecule has 0 aromatic heterocycles. The normalized spacial score (nSPS) is 10.2. The van der Waals surface area contributed by atoms with Crippen molar-refractivity contribution in [2.45, 2.75) is 20.1 Å². The van der Waals surface area contributed by atoms with Gasteiger partial charge in [-0.25, -0.2) is 0 Å². The molecule has 23 heavy (non-hydrogen) atoms. The van der Waals surface area contributed by atoms with Crippen molar-refractivity contribution in [2.75, 3.05) is 5.33 Å². The van der Waals surface area contributed by atoms with Gasteiger partial charge in [0.2, 0.25) is 0 Å². The van der Waals surface area contributed by atoms with Gasteiger partial charge < -0.3 is 9.47 Å². The maximum absolute atomic E-state index is 11.8. The predicted octanol–water partition coefficient (Wildman–Crippen LogP) is 3.91. The summed E-state index contributed by atoms with van der Waals surface area (Å²) >= 11 is 3.15. The van der Waals surface area contributed by atoms with Gasteiger partial charge in [0.05, 0.1) is 5.33 Å². The van der Waals surface area contributed by atoms with Crippen LogP contribution in [0.1, 0.15) is 28.4 Å². The second-order valence-corrected chi connectivity index (χ2v) is 5.49. The van der Waals surface area contributed by atoms with Crippen molar-refractivity contribution < 1.29 is 19.1 Å². The second kappa shape index (κ2) is 8.48. The maximum Gasteiger partial charge on any atom is 0.302 e. The molecule has 0 atom stereocenters. The van der Waals surface area contributed by atoms with E-state index in [9.17, 15) is 9.59 Å². The summed E-state index contributed by atoms with van der Waals surface area (Å²) in [7, 11) is 0. The molecule has 0 spiro atoms. The molecule has 2 aromatic rings. The molecule has 0 aliphatic rings. The number of Topliss-reactive ketones (excluding diaryl/α,β-unsaturated/α-hetero) is 1. The fourth-order valence-corrected chi connectivity index (χ4v) is 2.32. The van der Waals surface area contributed by atoms with Gasteiger partial charge in [-0.1, -0.05) is 46.3 Å². The lowest BCUT2D eigenvalue weighted by Crippen LogP contribution is -2.06. The Balaban J connectivity index is 2.18. The van der Waals surface area contributed by atoms with E-state index >= 15 is 0 Å². The summed E-state index contributed by atoms with van der Waals surface area (Å²) < 4.78 is 10.9. The van der Waals surface area contributed by atoms with E-state index in [-0.39, 0.29) is 23.7 Å². The number of benzene rings is 2. The third kappa shape index (κ3) is 5.21. The molecule has 0 aliphatic heterocycles. The highest BCUT2D eigenvalue weighted by atomic mass is 79.9. The minimum absolute atomic E-state index is 0.0383. The smallest absolute Gasteiger partial charge is 0.302 e. The van der Waals surface area contributed by atoms with Crippen LogP contribution >= 0.6 is 15.9 Å². The van der Waals surface area contributed by atoms with Gasteiger partial charge in [0.1, 0.15) is 19.0 Å². The van der Waals surface area contributed by atoms with Gasteiger partial charge in [-0.05, 0) is 23.8 Å². The quantitative estimate of drug-likeness (QED) is 0.417. The van der Waals surface area contributed by atoms with Crippen LogP contribution < -0.4 is 4.74 Å². The van der Waals surface area contributed by atoms with E-state index in [0.717, 1.165) is 5.56 Å². The largest absolute Gasteiger partial charge is 0.488 e. The predicted molar refractivity (Wildman–Crippen MR) is 90.8 cm³/mol. The lowest BCUT2D eigenvalue weighted by atomic mass is 10.1. The molecule has 0 N–H and O–H groups in total. The van der Waals surface area contributed by atoms with Crippen LogP contribution in [0.5, 0.6) is 5.75 Å². The number of carbonyl (C=O) groups is 2. The first-order valence-corrected chi connectivity index (χ1v) is 8.24. The molecule has 0 bridgehead atoms. The van der Waals surface area contributed by atoms with Crippen LogP contribution in [0.3, 0.4) is 0 Å². The topological polar surface area (TPSA) is 52.6 Å². The van der Waals surface area contributed by atoms with E-state index in [1.807, 2.05) is 30.3 Å². The van der Waals surface area contributed by atoms with Crippen molar-refractivity contribution >= 4 is 27.7 Å². The highest BCUT2D eigenvalue weighted by Crippen LogP contribution is 2.23. The Labute approximate surface area is 143 Å². The van der Waals surface area contributed by atoms with Crippen LogP contribution in [-0.4, -0.2) is 17.1 Å². The Morgan fingerprint density at radius 2 is 1.78 bits per heavy atom. The summed E-state index contributed by atoms with van der Waals surface area (Å²) in [4.78, 5) is 22.8. The summed E-state index contributed by atoms with van der Waals surface area (Å²) in [6.45, 7) is 1.82. The molecule has 2 aromatic carbocycles. The molecule has 0 radical (unpaired) electrons. The van der Waals surface area contributed by atoms with E-state index in [1.165, 1.54) is 6.92 Å². The van der Waals surface area contributed by atoms with E-state index in [0.29, 0.717) is 23.5 Å². The van der Waals surface area contributed by atoms with Crippen molar-refractivity contribution in [1.82, 2.24) is 0 Å². The lowest BCUT2D eigenvalue weighted by molar-refractivity contribution is -0.142. The number of carbonyl (C=O) groups excluding carboxylic acids is 2. The Bertz CT molecular complexity index is 683. The molecule has 2 rings (SSSR count). The number of alkyl halides is 1. The minimum Gasteiger partial charge on any atom is -0.488 e. The van der Waals surface area contributed by atoms with Crippen LogP contribution in [-0.2, 0) is 22.7 Å². The summed E-state index contributed by atoms with van der Waals surface area (Å²) in [5, 5.41) is 0.240. The van der Waals surface area contributed by atoms with Crippen molar-refractivity contribution in [3.8, 4) is 5.75 Å². The molecular formula is C18H17BrO4. The third-order valence-electron chi connectivity index (χ3n) is 3.17. The van der Waals surface area contributed by atoms with Crippen LogP contribution in [0.2, 0.25) is 0 Å². The number of halogens is 1. The monoisotopic (exact) mass is 376 g/mol. The van der Waals surface area contributed by atoms with Crippen LogP contribution in [0, 0.1) is 0 Å². The van der Waals surface area contributed by atoms with Gasteiger partial charge >= 0.3 is 5.97 Å². The molecule has 0 unspecified atom stereocenters. The molecule has 120 valence electrons. The van der Waals surface area contributed by atoms with E-state index in [1.54, 1.807) is 18.2 Å². The highest BCUT2D eigenvalue weighted by molar-refractivity contribution is 9.09. The second-order valence-electron chi connectivity index (χ2n) is 4.93. The van der Waals surface area contributed by atoms with E-state index < -0.39 is 0 Å². The van der Waals surface area contributed by atoms with Crippen LogP contribution in [0.15, 0.2) is 48.5 Å². The average molecular weight is 377 g/mol. The van der Waals surface area contributed by atoms with Gasteiger partial charge in [-0.15, -0.1) is 0 Å². The van der Waals surface area contributed by atoms with Crippen LogP contribution in [0.25, 0.3) is 0 Å². The zero-order valence-electron chi connectivity index (χ0n) is 12.8. The molecule has 0 heterocycles. The van der Waals surface area contributed by atoms with Crippen molar-refractivity contribution in [3.05, 3.63) is 65.2 Å². The Morgan fingerprint density at radius 3 is 2.43 bits per heavy atom. The number of hydrogen-bond acceptors (Lipinski definition) is 4. The first kappa shape index (κ1) is 17.2. The third-order valence-corrected chi connectivity index (χ3v) is 3.68. The number of rotatable bonds is 7. The standard InChI is InChI=1S/C18H17BrO4/c1-13(20)22-12-16-9-15(17(21)10-19)7-8-18(16)23-11-14-5-3-2-4-6-14/h2-9H,10-12H2,1H3. The SMILES string of the molecule is CC(=O)OCc1cc(C(=O)CBr)ccc1OCc1ccccc1. The van der Waals surface area contributed by atoms with E-state index in [4.69, 9.17) is 9.47 Å². The zero-order valence-corrected chi connectivity index (χ0v) is 14.3. The molecule has 4 nitrogen and oxygen atoms in total. The molecule has 0 fully saturated rings. The molecule has 5 heteroatoms. The summed E-state index contributed by atoms with van der Waals surface area (Å²) in [6, 6.07) is 14.9. The number of hydrogen-bond donors (Lipinski definition) is 0. The summed E-state index contributed by atoms with van der Waals surface area (Å²) in [5.41, 5.74) is 2.26. The molecule has 0 aliphatic carbocycles. The molecule has 0 saturated heterocycles. The fraction of sp³-hybridized carbons (Fsp3) is 0.222. The Morgan fingerprint density at radius 1 is 1.04 bits per heavy atom. The molecular weight excluding hydrogens is 360 g/mol. The van der Waals surface area contributed by atoms with Gasteiger partial charge in [0.25, 0.3) is 0 Å². The first-order chi connectivity index (χ1) is 11.1. The van der Waals surface area contributed by atoms with Crippen molar-refractivity contribution in [3.63, 3.8) is 0 Å². The maximum atomic E-state index is 11.8. The van der Waals surface area contributed by atoms with Crippen LogP contribution in [0.4, 0.5) is 0 Å². The van der Waals surface area contributed by atoms with Crippen molar-refractivity contribution in [2.24, 2.45) is 0 Å². The number of ether oxygens (including phenoxy) is 2. The fourth-order valence-electron chi connectivity index (χ4n) is 2.00. The van der Waals surface area contributed by atoms with Gasteiger partial charge in [-0.2, -0.15) is 0 Å². The van der Waals surface area contributed by atoms with E-state index in [2.05, 4.69) is 15.9 Å².